The molecule has 1 N–H and O–H groups in total. The number of carbonyl (C=O) groups is 1. The lowest BCUT2D eigenvalue weighted by Gasteiger charge is -2.40. The van der Waals surface area contributed by atoms with Crippen LogP contribution in [0, 0.1) is 23.7 Å². The molecular weight excluding hydrogens is 140 g/mol. The maximum absolute atomic E-state index is 11.1. The third-order valence-corrected chi connectivity index (χ3v) is 3.50. The first-order valence-corrected chi connectivity index (χ1v) is 4.19. The lowest BCUT2D eigenvalue weighted by molar-refractivity contribution is -0.153. The summed E-state index contributed by atoms with van der Waals surface area (Å²) in [6.45, 7) is 0. The highest BCUT2D eigenvalue weighted by Crippen LogP contribution is 2.55. The van der Waals surface area contributed by atoms with Gasteiger partial charge in [-0.25, -0.2) is 0 Å². The van der Waals surface area contributed by atoms with E-state index in [0.29, 0.717) is 11.8 Å². The van der Waals surface area contributed by atoms with Crippen LogP contribution in [0.25, 0.3) is 0 Å². The summed E-state index contributed by atoms with van der Waals surface area (Å²) in [6, 6.07) is 0. The van der Waals surface area contributed by atoms with Crippen LogP contribution in [0.3, 0.4) is 0 Å². The van der Waals surface area contributed by atoms with Gasteiger partial charge in [0.25, 0.3) is 0 Å². The molecule has 0 aromatic rings. The number of hydrogen-bond donors (Lipinski definition) is 1. The zero-order chi connectivity index (χ0) is 7.59. The highest BCUT2D eigenvalue weighted by atomic mass is 16.3. The molecule has 11 heavy (non-hydrogen) atoms. The van der Waals surface area contributed by atoms with E-state index in [-0.39, 0.29) is 17.6 Å². The molecule has 0 unspecified atom stereocenters. The molecular formula is C9H10O2. The smallest absolute Gasteiger partial charge is 0.165 e. The van der Waals surface area contributed by atoms with E-state index in [2.05, 4.69) is 12.2 Å². The van der Waals surface area contributed by atoms with Crippen LogP contribution in [0.5, 0.6) is 0 Å². The average molecular weight is 150 g/mol. The number of rotatable bonds is 0. The molecule has 2 saturated carbocycles. The number of ketones is 1. The Morgan fingerprint density at radius 2 is 2.09 bits per heavy atom. The summed E-state index contributed by atoms with van der Waals surface area (Å²) >= 11 is 0. The monoisotopic (exact) mass is 150 g/mol. The number of carbonyl (C=O) groups excluding carboxylic acids is 1. The molecule has 5 atom stereocenters. The molecule has 0 spiro atoms. The molecule has 0 amide bonds. The van der Waals surface area contributed by atoms with Crippen LogP contribution >= 0.6 is 0 Å². The molecule has 3 aliphatic carbocycles. The fourth-order valence-electron chi connectivity index (χ4n) is 2.96. The first-order valence-electron chi connectivity index (χ1n) is 4.19. The highest BCUT2D eigenvalue weighted by Gasteiger charge is 2.60. The minimum Gasteiger partial charge on any atom is -0.385 e. The molecule has 3 aliphatic rings. The van der Waals surface area contributed by atoms with Gasteiger partial charge in [0.15, 0.2) is 5.78 Å². The van der Waals surface area contributed by atoms with Gasteiger partial charge in [-0.15, -0.1) is 0 Å². The van der Waals surface area contributed by atoms with Crippen molar-refractivity contribution in [2.45, 2.75) is 12.5 Å². The summed E-state index contributed by atoms with van der Waals surface area (Å²) in [7, 11) is 0. The van der Waals surface area contributed by atoms with Crippen LogP contribution in [0.2, 0.25) is 0 Å². The minimum absolute atomic E-state index is 0.0897. The summed E-state index contributed by atoms with van der Waals surface area (Å²) in [6.07, 6.45) is 4.80. The summed E-state index contributed by atoms with van der Waals surface area (Å²) < 4.78 is 0. The predicted molar refractivity (Wildman–Crippen MR) is 38.7 cm³/mol. The molecule has 0 heterocycles. The van der Waals surface area contributed by atoms with Crippen LogP contribution in [-0.4, -0.2) is 17.0 Å². The minimum atomic E-state index is -0.625. The van der Waals surface area contributed by atoms with Crippen LogP contribution in [0.1, 0.15) is 6.42 Å². The van der Waals surface area contributed by atoms with Gasteiger partial charge in [-0.05, 0) is 18.3 Å². The van der Waals surface area contributed by atoms with Crippen molar-refractivity contribution < 1.29 is 9.90 Å². The van der Waals surface area contributed by atoms with E-state index in [9.17, 15) is 9.90 Å². The Hall–Kier alpha value is -0.630. The number of hydrogen-bond acceptors (Lipinski definition) is 2. The number of aliphatic hydroxyl groups excluding tert-OH is 1. The zero-order valence-electron chi connectivity index (χ0n) is 6.10. The second-order valence-corrected chi connectivity index (χ2v) is 3.90. The maximum atomic E-state index is 11.1. The van der Waals surface area contributed by atoms with Gasteiger partial charge in [0.05, 0.1) is 0 Å². The standard InChI is InChI=1S/C9H10O2/c10-8-6-4-1-2-5(3-4)7(6)9(8)11/h1-2,4-8,10H,3H2/t4-,5-,6-,7-,8+/m0/s1. The molecule has 0 saturated heterocycles. The molecule has 0 radical (unpaired) electrons. The summed E-state index contributed by atoms with van der Waals surface area (Å²) in [5.74, 6) is 1.56. The van der Waals surface area contributed by atoms with Crippen molar-refractivity contribution in [1.29, 1.82) is 0 Å². The second-order valence-electron chi connectivity index (χ2n) is 3.90. The summed E-state index contributed by atoms with van der Waals surface area (Å²) in [4.78, 5) is 11.1. The van der Waals surface area contributed by atoms with Gasteiger partial charge in [0, 0.05) is 11.8 Å². The SMILES string of the molecule is O=C1[C@@H]2[C@H]([C@H]3C=C[C@H]2C3)[C@H]1O. The number of Topliss-reactive ketones (excluding diaryl/α,β-unsaturated/α-hetero) is 1. The van der Waals surface area contributed by atoms with Crippen molar-refractivity contribution >= 4 is 5.78 Å². The molecule has 3 rings (SSSR count). The first kappa shape index (κ1) is 5.95. The lowest BCUT2D eigenvalue weighted by Crippen LogP contribution is -2.53. The van der Waals surface area contributed by atoms with E-state index >= 15 is 0 Å². The number of aliphatic hydroxyl groups is 1. The molecule has 0 aromatic heterocycles. The van der Waals surface area contributed by atoms with E-state index in [1.54, 1.807) is 0 Å². The zero-order valence-corrected chi connectivity index (χ0v) is 6.10. The van der Waals surface area contributed by atoms with Gasteiger partial charge in [-0.2, -0.15) is 0 Å². The van der Waals surface area contributed by atoms with Gasteiger partial charge in [0.2, 0.25) is 0 Å². The molecule has 58 valence electrons. The quantitative estimate of drug-likeness (QED) is 0.506. The largest absolute Gasteiger partial charge is 0.385 e. The van der Waals surface area contributed by atoms with Crippen LogP contribution in [0.4, 0.5) is 0 Å². The van der Waals surface area contributed by atoms with Gasteiger partial charge in [-0.3, -0.25) is 4.79 Å². The van der Waals surface area contributed by atoms with Gasteiger partial charge in [-0.1, -0.05) is 12.2 Å². The van der Waals surface area contributed by atoms with Crippen molar-refractivity contribution in [2.75, 3.05) is 0 Å². The van der Waals surface area contributed by atoms with Crippen molar-refractivity contribution in [3.8, 4) is 0 Å². The summed E-state index contributed by atoms with van der Waals surface area (Å²) in [5.41, 5.74) is 0. The third kappa shape index (κ3) is 0.486. The first-order chi connectivity index (χ1) is 5.29. The molecule has 0 aromatic carbocycles. The predicted octanol–water partition coefficient (Wildman–Crippen LogP) is 0.368. The van der Waals surface area contributed by atoms with Crippen molar-refractivity contribution in [3.63, 3.8) is 0 Å². The highest BCUT2D eigenvalue weighted by molar-refractivity contribution is 5.93. The van der Waals surface area contributed by atoms with Gasteiger partial charge < -0.3 is 5.11 Å². The Kier molecular flexibility index (Phi) is 0.856. The molecule has 2 bridgehead atoms. The summed E-state index contributed by atoms with van der Waals surface area (Å²) in [5, 5.41) is 9.33. The lowest BCUT2D eigenvalue weighted by atomic mass is 9.65. The normalized spacial score (nSPS) is 57.9. The van der Waals surface area contributed by atoms with Crippen molar-refractivity contribution in [2.24, 2.45) is 23.7 Å². The van der Waals surface area contributed by atoms with E-state index in [1.807, 2.05) is 0 Å². The maximum Gasteiger partial charge on any atom is 0.165 e. The van der Waals surface area contributed by atoms with E-state index in [4.69, 9.17) is 0 Å². The van der Waals surface area contributed by atoms with E-state index < -0.39 is 6.10 Å². The van der Waals surface area contributed by atoms with Crippen LogP contribution in [0.15, 0.2) is 12.2 Å². The fraction of sp³-hybridized carbons (Fsp3) is 0.667. The topological polar surface area (TPSA) is 37.3 Å². The molecule has 2 heteroatoms. The molecule has 2 fully saturated rings. The van der Waals surface area contributed by atoms with E-state index in [0.717, 1.165) is 6.42 Å². The third-order valence-electron chi connectivity index (χ3n) is 3.50. The Bertz CT molecular complexity index is 256. The van der Waals surface area contributed by atoms with Crippen molar-refractivity contribution in [3.05, 3.63) is 12.2 Å². The fourth-order valence-corrected chi connectivity index (χ4v) is 2.96. The second kappa shape index (κ2) is 1.58. The van der Waals surface area contributed by atoms with E-state index in [1.165, 1.54) is 0 Å². The number of allylic oxidation sites excluding steroid dienone is 2. The average Bonchev–Trinajstić information content (AvgIpc) is 2.58. The van der Waals surface area contributed by atoms with Gasteiger partial charge in [0.1, 0.15) is 6.10 Å². The van der Waals surface area contributed by atoms with Gasteiger partial charge >= 0.3 is 0 Å². The van der Waals surface area contributed by atoms with Crippen LogP contribution in [-0.2, 0) is 4.79 Å². The Balaban J connectivity index is 2.01. The number of fused-ring (bicyclic) bond motifs is 5. The van der Waals surface area contributed by atoms with Crippen LogP contribution < -0.4 is 0 Å². The Morgan fingerprint density at radius 1 is 1.36 bits per heavy atom. The van der Waals surface area contributed by atoms with Crippen molar-refractivity contribution in [1.82, 2.24) is 0 Å². The molecule has 0 aliphatic heterocycles. The Labute approximate surface area is 64.9 Å². The Morgan fingerprint density at radius 3 is 2.82 bits per heavy atom. The molecule has 2 nitrogen and oxygen atoms in total.